The molecule has 0 unspecified atom stereocenters. The number of anilines is 1. The highest BCUT2D eigenvalue weighted by Gasteiger charge is 2.40. The highest BCUT2D eigenvalue weighted by atomic mass is 19.4. The molecule has 0 fully saturated rings. The minimum Gasteiger partial charge on any atom is -0.466 e. The molecule has 1 heterocycles. The maximum absolute atomic E-state index is 13.0. The number of ether oxygens (including phenoxy) is 1. The number of benzene rings is 1. The lowest BCUT2D eigenvalue weighted by molar-refractivity contribution is -0.139. The van der Waals surface area contributed by atoms with Gasteiger partial charge in [-0.15, -0.1) is 0 Å². The molecule has 1 aromatic carbocycles. The summed E-state index contributed by atoms with van der Waals surface area (Å²) in [6.07, 6.45) is -4.94. The van der Waals surface area contributed by atoms with E-state index in [0.717, 1.165) is 24.1 Å². The molecule has 2 rings (SSSR count). The smallest absolute Gasteiger partial charge is 0.416 e. The second-order valence-electron chi connectivity index (χ2n) is 5.92. The van der Waals surface area contributed by atoms with Crippen molar-refractivity contribution in [3.05, 3.63) is 41.1 Å². The summed E-state index contributed by atoms with van der Waals surface area (Å²) in [5.41, 5.74) is -0.955. The molecule has 1 aromatic rings. The second-order valence-corrected chi connectivity index (χ2v) is 5.92. The van der Waals surface area contributed by atoms with E-state index in [1.165, 1.54) is 19.1 Å². The molecule has 27 heavy (non-hydrogen) atoms. The average Bonchev–Trinajstić information content (AvgIpc) is 2.60. The molecule has 0 radical (unpaired) electrons. The van der Waals surface area contributed by atoms with E-state index in [2.05, 4.69) is 5.32 Å². The zero-order chi connectivity index (χ0) is 20.4. The third kappa shape index (κ3) is 4.12. The van der Waals surface area contributed by atoms with Gasteiger partial charge in [-0.1, -0.05) is 6.07 Å². The van der Waals surface area contributed by atoms with Gasteiger partial charge < -0.3 is 10.1 Å². The van der Waals surface area contributed by atoms with Crippen LogP contribution in [0, 0.1) is 5.92 Å². The fourth-order valence-electron chi connectivity index (χ4n) is 3.01. The Bertz CT molecular complexity index is 802. The van der Waals surface area contributed by atoms with E-state index < -0.39 is 35.4 Å². The Kier molecular flexibility index (Phi) is 5.92. The molecule has 0 aromatic heterocycles. The number of rotatable bonds is 4. The Morgan fingerprint density at radius 3 is 2.56 bits per heavy atom. The van der Waals surface area contributed by atoms with Crippen molar-refractivity contribution in [3.63, 3.8) is 0 Å². The number of alkyl halides is 3. The average molecular weight is 384 g/mol. The van der Waals surface area contributed by atoms with E-state index >= 15 is 0 Å². The molecule has 146 valence electrons. The monoisotopic (exact) mass is 384 g/mol. The summed E-state index contributed by atoms with van der Waals surface area (Å²) < 4.78 is 43.7. The Labute approximate surface area is 154 Å². The van der Waals surface area contributed by atoms with Crippen LogP contribution < -0.4 is 10.2 Å². The van der Waals surface area contributed by atoms with Crippen molar-refractivity contribution in [3.8, 4) is 0 Å². The van der Waals surface area contributed by atoms with Gasteiger partial charge in [-0.25, -0.2) is 4.79 Å². The molecule has 9 heteroatoms. The van der Waals surface area contributed by atoms with E-state index in [1.54, 1.807) is 6.92 Å². The molecule has 1 aliphatic rings. The van der Waals surface area contributed by atoms with Crippen LogP contribution in [-0.2, 0) is 25.3 Å². The molecule has 1 N–H and O–H groups in total. The fourth-order valence-corrected chi connectivity index (χ4v) is 3.01. The molecule has 0 saturated carbocycles. The van der Waals surface area contributed by atoms with E-state index in [4.69, 9.17) is 4.74 Å². The summed E-state index contributed by atoms with van der Waals surface area (Å²) in [5, 5.41) is 2.55. The predicted molar refractivity (Wildman–Crippen MR) is 90.4 cm³/mol. The predicted octanol–water partition coefficient (Wildman–Crippen LogP) is 2.64. The van der Waals surface area contributed by atoms with E-state index in [1.807, 2.05) is 0 Å². The molecule has 0 spiro atoms. The van der Waals surface area contributed by atoms with Gasteiger partial charge in [0.15, 0.2) is 0 Å². The van der Waals surface area contributed by atoms with E-state index in [0.29, 0.717) is 6.54 Å². The normalized spacial score (nSPS) is 17.8. The van der Waals surface area contributed by atoms with Crippen molar-refractivity contribution in [2.75, 3.05) is 18.6 Å². The Morgan fingerprint density at radius 2 is 2.00 bits per heavy atom. The first kappa shape index (κ1) is 20.5. The quantitative estimate of drug-likeness (QED) is 0.810. The van der Waals surface area contributed by atoms with Gasteiger partial charge in [0.1, 0.15) is 0 Å². The maximum Gasteiger partial charge on any atom is 0.416 e. The third-order valence-corrected chi connectivity index (χ3v) is 4.21. The van der Waals surface area contributed by atoms with Gasteiger partial charge in [0.2, 0.25) is 11.8 Å². The Morgan fingerprint density at radius 1 is 1.33 bits per heavy atom. The molecule has 1 aliphatic heterocycles. The van der Waals surface area contributed by atoms with E-state index in [-0.39, 0.29) is 23.4 Å². The number of allylic oxidation sites excluding steroid dienone is 1. The number of amides is 2. The summed E-state index contributed by atoms with van der Waals surface area (Å²) in [6, 6.07) is 4.21. The summed E-state index contributed by atoms with van der Waals surface area (Å²) in [7, 11) is 1.13. The van der Waals surface area contributed by atoms with Crippen molar-refractivity contribution < 1.29 is 32.3 Å². The summed E-state index contributed by atoms with van der Waals surface area (Å²) in [5.74, 6) is -2.98. The number of nitrogens with one attached hydrogen (secondary N) is 1. The Balaban J connectivity index is 2.58. The number of nitrogens with zero attached hydrogens (tertiary/aromatic N) is 1. The van der Waals surface area contributed by atoms with Gasteiger partial charge >= 0.3 is 12.1 Å². The first-order valence-corrected chi connectivity index (χ1v) is 8.18. The fraction of sp³-hybridized carbons (Fsp3) is 0.389. The molecule has 0 bridgehead atoms. The first-order valence-electron chi connectivity index (χ1n) is 8.18. The van der Waals surface area contributed by atoms with E-state index in [9.17, 15) is 27.6 Å². The zero-order valence-electron chi connectivity index (χ0n) is 15.0. The Hall–Kier alpha value is -2.84. The van der Waals surface area contributed by atoms with Crippen molar-refractivity contribution in [1.29, 1.82) is 0 Å². The highest BCUT2D eigenvalue weighted by Crippen LogP contribution is 2.36. The van der Waals surface area contributed by atoms with Crippen LogP contribution in [0.15, 0.2) is 35.5 Å². The van der Waals surface area contributed by atoms with Gasteiger partial charge in [-0.2, -0.15) is 13.2 Å². The van der Waals surface area contributed by atoms with Crippen LogP contribution in [-0.4, -0.2) is 31.4 Å². The number of carbonyl (C=O) groups excluding carboxylic acids is 3. The van der Waals surface area contributed by atoms with Crippen LogP contribution in [0.4, 0.5) is 18.9 Å². The number of hydrogen-bond donors (Lipinski definition) is 1. The minimum absolute atomic E-state index is 0.0388. The molecule has 0 saturated heterocycles. The SMILES string of the molecule is CCNC(=O)[C@H]1CC(=O)N(c2cccc(C(F)(F)F)c2)C(C)=C1C(=O)OC. The molecular weight excluding hydrogens is 365 g/mol. The van der Waals surface area contributed by atoms with Crippen molar-refractivity contribution in [2.45, 2.75) is 26.4 Å². The van der Waals surface area contributed by atoms with Crippen molar-refractivity contribution >= 4 is 23.5 Å². The standard InChI is InChI=1S/C18H19F3N2O4/c1-4-22-16(25)13-9-14(24)23(10(2)15(13)17(26)27-3)12-7-5-6-11(8-12)18(19,20)21/h5-8,13H,4,9H2,1-3H3,(H,22,25)/t13-/m0/s1. The van der Waals surface area contributed by atoms with Crippen LogP contribution in [0.25, 0.3) is 0 Å². The second kappa shape index (κ2) is 7.81. The van der Waals surface area contributed by atoms with Gasteiger partial charge in [0, 0.05) is 24.4 Å². The van der Waals surface area contributed by atoms with Crippen molar-refractivity contribution in [2.24, 2.45) is 5.92 Å². The van der Waals surface area contributed by atoms with Crippen LogP contribution in [0.5, 0.6) is 0 Å². The minimum atomic E-state index is -4.58. The largest absolute Gasteiger partial charge is 0.466 e. The van der Waals surface area contributed by atoms with Crippen LogP contribution >= 0.6 is 0 Å². The number of esters is 1. The van der Waals surface area contributed by atoms with Gasteiger partial charge in [0.05, 0.1) is 24.2 Å². The first-order chi connectivity index (χ1) is 12.6. The molecule has 6 nitrogen and oxygen atoms in total. The third-order valence-electron chi connectivity index (χ3n) is 4.21. The lowest BCUT2D eigenvalue weighted by Gasteiger charge is -2.33. The summed E-state index contributed by atoms with van der Waals surface area (Å²) in [6.45, 7) is 3.38. The lowest BCUT2D eigenvalue weighted by Crippen LogP contribution is -2.44. The number of hydrogen-bond acceptors (Lipinski definition) is 4. The van der Waals surface area contributed by atoms with Gasteiger partial charge in [-0.05, 0) is 32.0 Å². The zero-order valence-corrected chi connectivity index (χ0v) is 15.0. The molecule has 2 amide bonds. The number of halogens is 3. The summed E-state index contributed by atoms with van der Waals surface area (Å²) in [4.78, 5) is 38.1. The van der Waals surface area contributed by atoms with Crippen molar-refractivity contribution in [1.82, 2.24) is 5.32 Å². The van der Waals surface area contributed by atoms with Crippen LogP contribution in [0.1, 0.15) is 25.8 Å². The summed E-state index contributed by atoms with van der Waals surface area (Å²) >= 11 is 0. The highest BCUT2D eigenvalue weighted by molar-refractivity contribution is 6.08. The number of carbonyl (C=O) groups is 3. The van der Waals surface area contributed by atoms with Gasteiger partial charge in [-0.3, -0.25) is 14.5 Å². The van der Waals surface area contributed by atoms with Crippen LogP contribution in [0.3, 0.4) is 0 Å². The number of methoxy groups -OCH3 is 1. The lowest BCUT2D eigenvalue weighted by atomic mass is 9.88. The topological polar surface area (TPSA) is 75.7 Å². The van der Waals surface area contributed by atoms with Gasteiger partial charge in [0.25, 0.3) is 0 Å². The maximum atomic E-state index is 13.0. The molecule has 0 aliphatic carbocycles. The van der Waals surface area contributed by atoms with Crippen LogP contribution in [0.2, 0.25) is 0 Å². The molecular formula is C18H19F3N2O4. The molecule has 1 atom stereocenters.